The van der Waals surface area contributed by atoms with Crippen LogP contribution < -0.4 is 14.8 Å². The number of hydrogen-bond acceptors (Lipinski definition) is 5. The monoisotopic (exact) mass is 399 g/mol. The van der Waals surface area contributed by atoms with Crippen molar-refractivity contribution >= 4 is 12.0 Å². The number of aromatic nitrogens is 1. The summed E-state index contributed by atoms with van der Waals surface area (Å²) in [5.41, 5.74) is 0.712. The molecule has 2 amide bonds. The van der Waals surface area contributed by atoms with Gasteiger partial charge in [-0.2, -0.15) is 0 Å². The number of nitrogens with one attached hydrogen (secondary N) is 1. The zero-order chi connectivity index (χ0) is 20.8. The maximum absolute atomic E-state index is 12.6. The second kappa shape index (κ2) is 9.27. The van der Waals surface area contributed by atoms with Gasteiger partial charge < -0.3 is 24.8 Å². The van der Waals surface area contributed by atoms with E-state index in [2.05, 4.69) is 10.3 Å². The number of aliphatic carboxylic acids is 1. The molecule has 8 nitrogen and oxygen atoms in total. The summed E-state index contributed by atoms with van der Waals surface area (Å²) >= 11 is 0. The fourth-order valence-corrected chi connectivity index (χ4v) is 3.41. The highest BCUT2D eigenvalue weighted by Gasteiger charge is 2.31. The molecule has 2 unspecified atom stereocenters. The third-order valence-electron chi connectivity index (χ3n) is 4.83. The number of methoxy groups -OCH3 is 1. The highest BCUT2D eigenvalue weighted by atomic mass is 16.5. The molecule has 0 aliphatic carbocycles. The maximum atomic E-state index is 12.6. The second-order valence-electron chi connectivity index (χ2n) is 7.19. The summed E-state index contributed by atoms with van der Waals surface area (Å²) in [6.45, 7) is 2.92. The lowest BCUT2D eigenvalue weighted by Gasteiger charge is -2.34. The summed E-state index contributed by atoms with van der Waals surface area (Å²) in [6.07, 6.45) is 2.20. The first-order valence-corrected chi connectivity index (χ1v) is 9.47. The minimum atomic E-state index is -0.865. The van der Waals surface area contributed by atoms with Gasteiger partial charge in [-0.25, -0.2) is 9.78 Å². The molecule has 2 heterocycles. The van der Waals surface area contributed by atoms with Gasteiger partial charge in [0.15, 0.2) is 0 Å². The number of carboxylic acid groups (broad SMARTS) is 1. The van der Waals surface area contributed by atoms with Crippen LogP contribution in [-0.2, 0) is 11.3 Å². The van der Waals surface area contributed by atoms with E-state index in [1.54, 1.807) is 36.4 Å². The van der Waals surface area contributed by atoms with Crippen LogP contribution >= 0.6 is 0 Å². The predicted molar refractivity (Wildman–Crippen MR) is 106 cm³/mol. The lowest BCUT2D eigenvalue weighted by atomic mass is 9.91. The van der Waals surface area contributed by atoms with E-state index in [4.69, 9.17) is 9.47 Å². The fraction of sp³-hybridized carbons (Fsp3) is 0.381. The molecular formula is C21H25N3O5. The number of carboxylic acids is 1. The van der Waals surface area contributed by atoms with E-state index in [1.807, 2.05) is 25.1 Å². The van der Waals surface area contributed by atoms with Crippen molar-refractivity contribution in [3.8, 4) is 17.4 Å². The van der Waals surface area contributed by atoms with Crippen LogP contribution in [0.2, 0.25) is 0 Å². The molecule has 8 heteroatoms. The Balaban J connectivity index is 1.65. The van der Waals surface area contributed by atoms with Crippen molar-refractivity contribution in [2.75, 3.05) is 20.2 Å². The first kappa shape index (κ1) is 20.4. The van der Waals surface area contributed by atoms with Crippen LogP contribution in [0.25, 0.3) is 0 Å². The molecule has 1 aromatic carbocycles. The number of rotatable bonds is 6. The van der Waals surface area contributed by atoms with E-state index < -0.39 is 11.9 Å². The number of carbonyl (C=O) groups excluding carboxylic acids is 1. The van der Waals surface area contributed by atoms with E-state index in [-0.39, 0.29) is 25.0 Å². The van der Waals surface area contributed by atoms with Gasteiger partial charge in [0.2, 0.25) is 5.88 Å². The summed E-state index contributed by atoms with van der Waals surface area (Å²) in [6, 6.07) is 10.5. The smallest absolute Gasteiger partial charge is 0.317 e. The third kappa shape index (κ3) is 5.37. The second-order valence-corrected chi connectivity index (χ2v) is 7.19. The molecule has 0 spiro atoms. The molecule has 1 saturated heterocycles. The summed E-state index contributed by atoms with van der Waals surface area (Å²) in [5.74, 6) is 0.369. The number of pyridine rings is 1. The van der Waals surface area contributed by atoms with Crippen LogP contribution in [0.15, 0.2) is 42.6 Å². The molecule has 0 radical (unpaired) electrons. The fourth-order valence-electron chi connectivity index (χ4n) is 3.41. The van der Waals surface area contributed by atoms with Crippen LogP contribution in [0.3, 0.4) is 0 Å². The quantitative estimate of drug-likeness (QED) is 0.774. The summed E-state index contributed by atoms with van der Waals surface area (Å²) in [5, 5.41) is 12.1. The van der Waals surface area contributed by atoms with Gasteiger partial charge in [0.1, 0.15) is 11.5 Å². The Bertz CT molecular complexity index is 873. The lowest BCUT2D eigenvalue weighted by Crippen LogP contribution is -2.49. The minimum Gasteiger partial charge on any atom is -0.497 e. The number of amides is 2. The molecule has 2 atom stereocenters. The number of carbonyl (C=O) groups is 2. The zero-order valence-electron chi connectivity index (χ0n) is 16.5. The molecule has 2 N–H and O–H groups in total. The van der Waals surface area contributed by atoms with Crippen LogP contribution in [-0.4, -0.2) is 47.2 Å². The normalized spacial score (nSPS) is 18.8. The van der Waals surface area contributed by atoms with Gasteiger partial charge in [0.25, 0.3) is 0 Å². The Morgan fingerprint density at radius 1 is 1.24 bits per heavy atom. The average Bonchev–Trinajstić information content (AvgIpc) is 2.72. The minimum absolute atomic E-state index is 0.140. The molecule has 1 aromatic heterocycles. The molecule has 1 fully saturated rings. The number of likely N-dealkylation sites (tertiary alicyclic amines) is 1. The highest BCUT2D eigenvalue weighted by molar-refractivity contribution is 5.76. The topological polar surface area (TPSA) is 101 Å². The summed E-state index contributed by atoms with van der Waals surface area (Å²) < 4.78 is 11.1. The first-order valence-electron chi connectivity index (χ1n) is 9.47. The molecule has 3 rings (SSSR count). The molecule has 29 heavy (non-hydrogen) atoms. The molecular weight excluding hydrogens is 374 g/mol. The maximum Gasteiger partial charge on any atom is 0.317 e. The SMILES string of the molecule is COc1cccc(Oc2ncccc2CNC(=O)N2CC(C)CC(C(=O)O)C2)c1. The number of nitrogens with zero attached hydrogens (tertiary/aromatic N) is 2. The van der Waals surface area contributed by atoms with Gasteiger partial charge in [-0.15, -0.1) is 0 Å². The van der Waals surface area contributed by atoms with Crippen molar-refractivity contribution in [1.82, 2.24) is 15.2 Å². The first-order chi connectivity index (χ1) is 14.0. The van der Waals surface area contributed by atoms with Gasteiger partial charge in [0.05, 0.1) is 13.0 Å². The third-order valence-corrected chi connectivity index (χ3v) is 4.83. The molecule has 154 valence electrons. The van der Waals surface area contributed by atoms with E-state index in [9.17, 15) is 14.7 Å². The Morgan fingerprint density at radius 3 is 2.79 bits per heavy atom. The van der Waals surface area contributed by atoms with Crippen LogP contribution in [0.4, 0.5) is 4.79 Å². The van der Waals surface area contributed by atoms with Gasteiger partial charge in [-0.1, -0.05) is 19.1 Å². The Hall–Kier alpha value is -3.29. The number of benzene rings is 1. The number of ether oxygens (including phenoxy) is 2. The highest BCUT2D eigenvalue weighted by Crippen LogP contribution is 2.26. The Morgan fingerprint density at radius 2 is 2.03 bits per heavy atom. The molecule has 1 aliphatic heterocycles. The van der Waals surface area contributed by atoms with E-state index >= 15 is 0 Å². The van der Waals surface area contributed by atoms with Gasteiger partial charge in [0, 0.05) is 37.5 Å². The van der Waals surface area contributed by atoms with E-state index in [0.29, 0.717) is 35.9 Å². The number of piperidine rings is 1. The summed E-state index contributed by atoms with van der Waals surface area (Å²) in [7, 11) is 1.58. The van der Waals surface area contributed by atoms with Crippen molar-refractivity contribution in [3.05, 3.63) is 48.2 Å². The standard InChI is InChI=1S/C21H25N3O5/c1-14-9-16(20(25)26)13-24(12-14)21(27)23-11-15-5-4-8-22-19(15)29-18-7-3-6-17(10-18)28-2/h3-8,10,14,16H,9,11-13H2,1-2H3,(H,23,27)(H,25,26). The van der Waals surface area contributed by atoms with Crippen molar-refractivity contribution in [3.63, 3.8) is 0 Å². The van der Waals surface area contributed by atoms with Crippen LogP contribution in [0.5, 0.6) is 17.4 Å². The van der Waals surface area contributed by atoms with Gasteiger partial charge >= 0.3 is 12.0 Å². The predicted octanol–water partition coefficient (Wildman–Crippen LogP) is 3.13. The average molecular weight is 399 g/mol. The molecule has 0 bridgehead atoms. The van der Waals surface area contributed by atoms with Crippen molar-refractivity contribution < 1.29 is 24.2 Å². The van der Waals surface area contributed by atoms with E-state index in [1.165, 1.54) is 0 Å². The number of urea groups is 1. The summed E-state index contributed by atoms with van der Waals surface area (Å²) in [4.78, 5) is 29.7. The van der Waals surface area contributed by atoms with Crippen molar-refractivity contribution in [2.45, 2.75) is 19.9 Å². The van der Waals surface area contributed by atoms with E-state index in [0.717, 1.165) is 0 Å². The Kier molecular flexibility index (Phi) is 6.54. The largest absolute Gasteiger partial charge is 0.497 e. The molecule has 0 saturated carbocycles. The lowest BCUT2D eigenvalue weighted by molar-refractivity contribution is -0.143. The zero-order valence-corrected chi connectivity index (χ0v) is 16.5. The van der Waals surface area contributed by atoms with Gasteiger partial charge in [-0.3, -0.25) is 4.79 Å². The van der Waals surface area contributed by atoms with Crippen molar-refractivity contribution in [1.29, 1.82) is 0 Å². The number of hydrogen-bond donors (Lipinski definition) is 2. The molecule has 2 aromatic rings. The Labute approximate surface area is 169 Å². The van der Waals surface area contributed by atoms with Crippen molar-refractivity contribution in [2.24, 2.45) is 11.8 Å². The van der Waals surface area contributed by atoms with Gasteiger partial charge in [-0.05, 0) is 30.5 Å². The van der Waals surface area contributed by atoms with Crippen LogP contribution in [0, 0.1) is 11.8 Å². The molecule has 1 aliphatic rings. The van der Waals surface area contributed by atoms with Crippen LogP contribution in [0.1, 0.15) is 18.9 Å².